The van der Waals surface area contributed by atoms with Crippen molar-refractivity contribution in [2.45, 2.75) is 38.3 Å². The Balaban J connectivity index is 1.97. The Hall–Kier alpha value is -2.37. The van der Waals surface area contributed by atoms with Crippen LogP contribution < -0.4 is 0 Å². The van der Waals surface area contributed by atoms with E-state index >= 15 is 0 Å². The minimum Gasteiger partial charge on any atom is -0.481 e. The van der Waals surface area contributed by atoms with Gasteiger partial charge in [-0.2, -0.15) is 0 Å². The van der Waals surface area contributed by atoms with E-state index < -0.39 is 35.7 Å². The Morgan fingerprint density at radius 3 is 2.52 bits per heavy atom. The second-order valence-corrected chi connectivity index (χ2v) is 6.36. The lowest BCUT2D eigenvalue weighted by Crippen LogP contribution is -2.43. The van der Waals surface area contributed by atoms with Gasteiger partial charge in [0, 0.05) is 12.6 Å². The lowest BCUT2D eigenvalue weighted by Gasteiger charge is -2.30. The van der Waals surface area contributed by atoms with Crippen molar-refractivity contribution in [2.75, 3.05) is 0 Å². The zero-order valence-corrected chi connectivity index (χ0v) is 12.6. The Morgan fingerprint density at radius 1 is 1.22 bits per heavy atom. The normalized spacial score (nSPS) is 29.6. The predicted octanol–water partition coefficient (Wildman–Crippen LogP) is 1.74. The third-order valence-corrected chi connectivity index (χ3v) is 5.21. The minimum atomic E-state index is -1.26. The average molecular weight is 317 g/mol. The summed E-state index contributed by atoms with van der Waals surface area (Å²) in [4.78, 5) is 37.5. The van der Waals surface area contributed by atoms with Gasteiger partial charge >= 0.3 is 11.9 Å². The van der Waals surface area contributed by atoms with E-state index in [1.807, 2.05) is 30.3 Å². The number of hydrogen-bond acceptors (Lipinski definition) is 3. The molecule has 6 nitrogen and oxygen atoms in total. The molecule has 2 aliphatic rings. The number of rotatable bonds is 5. The average Bonchev–Trinajstić information content (AvgIpc) is 3.03. The molecule has 1 aromatic rings. The molecule has 1 aliphatic heterocycles. The van der Waals surface area contributed by atoms with E-state index in [1.54, 1.807) is 4.90 Å². The van der Waals surface area contributed by atoms with Gasteiger partial charge in [0.25, 0.3) is 0 Å². The van der Waals surface area contributed by atoms with Gasteiger partial charge in [-0.15, -0.1) is 0 Å². The van der Waals surface area contributed by atoms with Crippen LogP contribution in [0.2, 0.25) is 0 Å². The van der Waals surface area contributed by atoms with E-state index in [-0.39, 0.29) is 5.91 Å². The van der Waals surface area contributed by atoms with Gasteiger partial charge in [-0.25, -0.2) is 0 Å². The summed E-state index contributed by atoms with van der Waals surface area (Å²) < 4.78 is 0. The molecule has 1 saturated heterocycles. The number of aliphatic carboxylic acids is 2. The van der Waals surface area contributed by atoms with Crippen molar-refractivity contribution < 1.29 is 24.6 Å². The monoisotopic (exact) mass is 317 g/mol. The van der Waals surface area contributed by atoms with Gasteiger partial charge in [0.15, 0.2) is 0 Å². The number of nitrogens with zero attached hydrogens (tertiary/aromatic N) is 1. The molecular weight excluding hydrogens is 298 g/mol. The number of hydrogen-bond donors (Lipinski definition) is 2. The maximum Gasteiger partial charge on any atom is 0.312 e. The van der Waals surface area contributed by atoms with Gasteiger partial charge in [0.2, 0.25) is 5.91 Å². The number of carboxylic acid groups (broad SMARTS) is 2. The molecule has 0 unspecified atom stereocenters. The topological polar surface area (TPSA) is 94.9 Å². The summed E-state index contributed by atoms with van der Waals surface area (Å²) in [7, 11) is 0. The van der Waals surface area contributed by atoms with Crippen LogP contribution in [0.15, 0.2) is 30.3 Å². The molecule has 1 aliphatic carbocycles. The summed E-state index contributed by atoms with van der Waals surface area (Å²) in [6, 6.07) is 8.95. The van der Waals surface area contributed by atoms with Crippen molar-refractivity contribution >= 4 is 17.8 Å². The summed E-state index contributed by atoms with van der Waals surface area (Å²) in [6.07, 6.45) is 1.25. The van der Waals surface area contributed by atoms with E-state index in [0.29, 0.717) is 25.8 Å². The highest BCUT2D eigenvalue weighted by atomic mass is 16.4. The Labute approximate surface area is 133 Å². The number of carbonyl (C=O) groups excluding carboxylic acids is 1. The summed E-state index contributed by atoms with van der Waals surface area (Å²) >= 11 is 0. The van der Waals surface area contributed by atoms with Crippen LogP contribution in [0.4, 0.5) is 0 Å². The summed E-state index contributed by atoms with van der Waals surface area (Å²) in [5.41, 5.74) is -0.340. The highest BCUT2D eigenvalue weighted by Crippen LogP contribution is 2.54. The van der Waals surface area contributed by atoms with E-state index in [0.717, 1.165) is 5.56 Å². The molecule has 0 bridgehead atoms. The van der Waals surface area contributed by atoms with Crippen LogP contribution in [0.3, 0.4) is 0 Å². The molecule has 3 rings (SSSR count). The maximum atomic E-state index is 12.8. The van der Waals surface area contributed by atoms with Crippen molar-refractivity contribution in [2.24, 2.45) is 11.3 Å². The number of carboxylic acids is 2. The third kappa shape index (κ3) is 2.38. The summed E-state index contributed by atoms with van der Waals surface area (Å²) in [5, 5.41) is 18.9. The van der Waals surface area contributed by atoms with Crippen molar-refractivity contribution in [3.63, 3.8) is 0 Å². The molecule has 23 heavy (non-hydrogen) atoms. The fraction of sp³-hybridized carbons (Fsp3) is 0.471. The standard InChI is InChI=1S/C17H19NO5/c19-14(20)9-12-15(21)18(10-11-5-2-1-3-6-11)13-7-4-8-17(12,13)16(22)23/h1-3,5-6,12-13H,4,7-10H2,(H,19,20)(H,22,23)/t12-,13-,17+/m1/s1. The van der Waals surface area contributed by atoms with Crippen LogP contribution in [0.5, 0.6) is 0 Å². The maximum absolute atomic E-state index is 12.8. The van der Waals surface area contributed by atoms with E-state index in [2.05, 4.69) is 0 Å². The number of fused-ring (bicyclic) bond motifs is 1. The molecule has 122 valence electrons. The Bertz CT molecular complexity index is 644. The third-order valence-electron chi connectivity index (χ3n) is 5.21. The van der Waals surface area contributed by atoms with Crippen LogP contribution in [-0.4, -0.2) is 39.0 Å². The second kappa shape index (κ2) is 5.68. The SMILES string of the molecule is O=C(O)C[C@@H]1C(=O)N(Cc2ccccc2)[C@@H]2CCC[C@]12C(=O)O. The molecule has 2 fully saturated rings. The number of likely N-dealkylation sites (tertiary alicyclic amines) is 1. The van der Waals surface area contributed by atoms with Crippen molar-refractivity contribution in [3.8, 4) is 0 Å². The van der Waals surface area contributed by atoms with Gasteiger partial charge in [-0.3, -0.25) is 14.4 Å². The molecule has 0 radical (unpaired) electrons. The van der Waals surface area contributed by atoms with E-state index in [1.165, 1.54) is 0 Å². The molecule has 1 aromatic carbocycles. The lowest BCUT2D eigenvalue weighted by molar-refractivity contribution is -0.155. The van der Waals surface area contributed by atoms with Crippen LogP contribution in [0, 0.1) is 11.3 Å². The molecule has 3 atom stereocenters. The van der Waals surface area contributed by atoms with Crippen LogP contribution in [0.1, 0.15) is 31.2 Å². The number of benzene rings is 1. The van der Waals surface area contributed by atoms with Gasteiger partial charge in [-0.05, 0) is 18.4 Å². The van der Waals surface area contributed by atoms with Crippen LogP contribution >= 0.6 is 0 Å². The van der Waals surface area contributed by atoms with Gasteiger partial charge in [-0.1, -0.05) is 36.8 Å². The molecule has 6 heteroatoms. The largest absolute Gasteiger partial charge is 0.481 e. The van der Waals surface area contributed by atoms with Crippen LogP contribution in [0.25, 0.3) is 0 Å². The molecule has 1 amide bonds. The Morgan fingerprint density at radius 2 is 1.91 bits per heavy atom. The fourth-order valence-corrected chi connectivity index (χ4v) is 4.24. The Kier molecular flexibility index (Phi) is 3.83. The number of amides is 1. The first-order chi connectivity index (χ1) is 11.0. The van der Waals surface area contributed by atoms with Crippen molar-refractivity contribution in [1.82, 2.24) is 4.90 Å². The van der Waals surface area contributed by atoms with Crippen molar-refractivity contribution in [1.29, 1.82) is 0 Å². The molecule has 2 N–H and O–H groups in total. The summed E-state index contributed by atoms with van der Waals surface area (Å²) in [6.45, 7) is 0.329. The molecule has 1 heterocycles. The summed E-state index contributed by atoms with van der Waals surface area (Å²) in [5.74, 6) is -3.50. The second-order valence-electron chi connectivity index (χ2n) is 6.36. The smallest absolute Gasteiger partial charge is 0.312 e. The highest BCUT2D eigenvalue weighted by Gasteiger charge is 2.65. The zero-order valence-electron chi connectivity index (χ0n) is 12.6. The fourth-order valence-electron chi connectivity index (χ4n) is 4.24. The van der Waals surface area contributed by atoms with E-state index in [4.69, 9.17) is 5.11 Å². The van der Waals surface area contributed by atoms with E-state index in [9.17, 15) is 19.5 Å². The quantitative estimate of drug-likeness (QED) is 0.862. The van der Waals surface area contributed by atoms with Gasteiger partial charge < -0.3 is 15.1 Å². The van der Waals surface area contributed by atoms with Crippen LogP contribution in [-0.2, 0) is 20.9 Å². The minimum absolute atomic E-state index is 0.329. The zero-order chi connectivity index (χ0) is 16.6. The van der Waals surface area contributed by atoms with Gasteiger partial charge in [0.1, 0.15) is 5.41 Å². The molecule has 0 spiro atoms. The predicted molar refractivity (Wildman–Crippen MR) is 80.4 cm³/mol. The first-order valence-electron chi connectivity index (χ1n) is 7.76. The van der Waals surface area contributed by atoms with Crippen molar-refractivity contribution in [3.05, 3.63) is 35.9 Å². The number of carbonyl (C=O) groups is 3. The lowest BCUT2D eigenvalue weighted by atomic mass is 9.72. The first kappa shape index (κ1) is 15.5. The molecule has 0 aromatic heterocycles. The van der Waals surface area contributed by atoms with Gasteiger partial charge in [0.05, 0.1) is 12.3 Å². The molecule has 1 saturated carbocycles. The molecular formula is C17H19NO5. The highest BCUT2D eigenvalue weighted by molar-refractivity contribution is 5.94. The first-order valence-corrected chi connectivity index (χ1v) is 7.76.